The van der Waals surface area contributed by atoms with Gasteiger partial charge in [-0.25, -0.2) is 0 Å². The first-order chi connectivity index (χ1) is 2.80. The first kappa shape index (κ1) is 4.41. The molecule has 1 aliphatic heterocycles. The lowest BCUT2D eigenvalue weighted by Crippen LogP contribution is -2.37. The van der Waals surface area contributed by atoms with Crippen molar-refractivity contribution in [2.24, 2.45) is 0 Å². The predicted molar refractivity (Wildman–Crippen MR) is 25.1 cm³/mol. The lowest BCUT2D eigenvalue weighted by molar-refractivity contribution is -0.0316. The van der Waals surface area contributed by atoms with Crippen molar-refractivity contribution in [2.45, 2.75) is 18.4 Å². The normalized spacial score (nSPS) is 45.0. The van der Waals surface area contributed by atoms with Gasteiger partial charge in [-0.3, -0.25) is 0 Å². The summed E-state index contributed by atoms with van der Waals surface area (Å²) in [5.41, 5.74) is 0. The fourth-order valence-corrected chi connectivity index (χ4v) is 0.507. The topological polar surface area (TPSA) is 9.23 Å². The molecule has 6 heavy (non-hydrogen) atoms. The van der Waals surface area contributed by atoms with E-state index in [-0.39, 0.29) is 5.38 Å². The molecule has 1 aliphatic rings. The smallest absolute Gasteiger partial charge is 0.0828 e. The highest BCUT2D eigenvalue weighted by atomic mass is 35.5. The first-order valence-corrected chi connectivity index (χ1v) is 2.50. The Morgan fingerprint density at radius 3 is 2.33 bits per heavy atom. The summed E-state index contributed by atoms with van der Waals surface area (Å²) in [5, 5.41) is 0.282. The Morgan fingerprint density at radius 1 is 1.83 bits per heavy atom. The zero-order valence-electron chi connectivity index (χ0n) is 3.65. The van der Waals surface area contributed by atoms with Gasteiger partial charge in [0, 0.05) is 0 Å². The summed E-state index contributed by atoms with van der Waals surface area (Å²) >= 11 is 5.57. The van der Waals surface area contributed by atoms with Gasteiger partial charge in [-0.2, -0.15) is 0 Å². The maximum Gasteiger partial charge on any atom is 0.0828 e. The summed E-state index contributed by atoms with van der Waals surface area (Å²) in [6, 6.07) is 0. The van der Waals surface area contributed by atoms with Crippen molar-refractivity contribution in [1.29, 1.82) is 0 Å². The van der Waals surface area contributed by atoms with Crippen LogP contribution in [0.5, 0.6) is 0 Å². The molecule has 0 aliphatic carbocycles. The van der Waals surface area contributed by atoms with Gasteiger partial charge in [-0.05, 0) is 6.92 Å². The van der Waals surface area contributed by atoms with Crippen LogP contribution in [0.2, 0.25) is 0 Å². The fraction of sp³-hybridized carbons (Fsp3) is 1.00. The molecular formula is C4H7ClO. The van der Waals surface area contributed by atoms with E-state index < -0.39 is 0 Å². The molecule has 1 rings (SSSR count). The summed E-state index contributed by atoms with van der Waals surface area (Å²) < 4.78 is 4.91. The molecular weight excluding hydrogens is 99.5 g/mol. The van der Waals surface area contributed by atoms with Crippen LogP contribution in [0, 0.1) is 0 Å². The van der Waals surface area contributed by atoms with E-state index in [1.807, 2.05) is 6.92 Å². The van der Waals surface area contributed by atoms with E-state index in [2.05, 4.69) is 0 Å². The molecule has 0 aromatic carbocycles. The number of ether oxygens (including phenoxy) is 1. The van der Waals surface area contributed by atoms with Gasteiger partial charge in [0.2, 0.25) is 0 Å². The summed E-state index contributed by atoms with van der Waals surface area (Å²) in [7, 11) is 0. The minimum Gasteiger partial charge on any atom is -0.375 e. The van der Waals surface area contributed by atoms with E-state index >= 15 is 0 Å². The second-order valence-electron chi connectivity index (χ2n) is 1.55. The van der Waals surface area contributed by atoms with Crippen LogP contribution in [0.3, 0.4) is 0 Å². The molecule has 1 fully saturated rings. The maximum atomic E-state index is 5.57. The fourth-order valence-electron chi connectivity index (χ4n) is 0.361. The highest BCUT2D eigenvalue weighted by Crippen LogP contribution is 2.16. The molecule has 0 saturated carbocycles. The molecule has 36 valence electrons. The Labute approximate surface area is 42.2 Å². The van der Waals surface area contributed by atoms with Crippen molar-refractivity contribution in [3.63, 3.8) is 0 Å². The van der Waals surface area contributed by atoms with Gasteiger partial charge in [-0.15, -0.1) is 11.6 Å². The van der Waals surface area contributed by atoms with Gasteiger partial charge in [0.1, 0.15) is 0 Å². The maximum absolute atomic E-state index is 5.57. The lowest BCUT2D eigenvalue weighted by Gasteiger charge is -2.28. The molecule has 0 bridgehead atoms. The SMILES string of the molecule is C[C@H]1OC[C@@H]1Cl. The van der Waals surface area contributed by atoms with Crippen LogP contribution in [0.25, 0.3) is 0 Å². The van der Waals surface area contributed by atoms with Gasteiger partial charge in [0.25, 0.3) is 0 Å². The van der Waals surface area contributed by atoms with Gasteiger partial charge < -0.3 is 4.74 Å². The van der Waals surface area contributed by atoms with Gasteiger partial charge in [0.05, 0.1) is 18.1 Å². The molecule has 0 N–H and O–H groups in total. The molecule has 1 saturated heterocycles. The molecule has 0 unspecified atom stereocenters. The van der Waals surface area contributed by atoms with E-state index in [1.165, 1.54) is 0 Å². The molecule has 0 radical (unpaired) electrons. The average Bonchev–Trinajstić information content (AvgIpc) is 1.61. The number of hydrogen-bond donors (Lipinski definition) is 0. The van der Waals surface area contributed by atoms with Crippen molar-refractivity contribution in [1.82, 2.24) is 0 Å². The van der Waals surface area contributed by atoms with Crippen molar-refractivity contribution in [3.8, 4) is 0 Å². The molecule has 0 amide bonds. The molecule has 0 aromatic heterocycles. The zero-order chi connectivity index (χ0) is 4.57. The number of rotatable bonds is 0. The Hall–Kier alpha value is 0.250. The second kappa shape index (κ2) is 1.39. The largest absolute Gasteiger partial charge is 0.375 e. The van der Waals surface area contributed by atoms with Crippen LogP contribution in [-0.2, 0) is 4.74 Å². The summed E-state index contributed by atoms with van der Waals surface area (Å²) in [6.45, 7) is 2.71. The summed E-state index contributed by atoms with van der Waals surface area (Å²) in [5.74, 6) is 0. The molecule has 2 atom stereocenters. The molecule has 1 heterocycles. The second-order valence-corrected chi connectivity index (χ2v) is 2.12. The number of alkyl halides is 1. The quantitative estimate of drug-likeness (QED) is 0.419. The van der Waals surface area contributed by atoms with Crippen LogP contribution >= 0.6 is 11.6 Å². The van der Waals surface area contributed by atoms with Crippen molar-refractivity contribution in [3.05, 3.63) is 0 Å². The van der Waals surface area contributed by atoms with Crippen molar-refractivity contribution in [2.75, 3.05) is 6.61 Å². The molecule has 0 spiro atoms. The lowest BCUT2D eigenvalue weighted by atomic mass is 10.2. The number of halogens is 1. The third-order valence-electron chi connectivity index (χ3n) is 1.03. The Kier molecular flexibility index (Phi) is 1.02. The van der Waals surface area contributed by atoms with Crippen LogP contribution in [0.4, 0.5) is 0 Å². The standard InChI is InChI=1S/C4H7ClO/c1-3-4(5)2-6-3/h3-4H,2H2,1H3/t3-,4+/m1/s1. The van der Waals surface area contributed by atoms with Crippen LogP contribution in [0.1, 0.15) is 6.92 Å². The van der Waals surface area contributed by atoms with Crippen molar-refractivity contribution < 1.29 is 4.74 Å². The van der Waals surface area contributed by atoms with E-state index in [1.54, 1.807) is 0 Å². The van der Waals surface area contributed by atoms with E-state index in [9.17, 15) is 0 Å². The monoisotopic (exact) mass is 106 g/mol. The third-order valence-corrected chi connectivity index (χ3v) is 1.51. The van der Waals surface area contributed by atoms with Gasteiger partial charge in [-0.1, -0.05) is 0 Å². The molecule has 2 heteroatoms. The van der Waals surface area contributed by atoms with Gasteiger partial charge in [0.15, 0.2) is 0 Å². The zero-order valence-corrected chi connectivity index (χ0v) is 4.40. The van der Waals surface area contributed by atoms with E-state index in [0.717, 1.165) is 6.61 Å². The Balaban J connectivity index is 2.20. The van der Waals surface area contributed by atoms with Crippen molar-refractivity contribution >= 4 is 11.6 Å². The Morgan fingerprint density at radius 2 is 2.33 bits per heavy atom. The summed E-state index contributed by atoms with van der Waals surface area (Å²) in [4.78, 5) is 0. The minimum atomic E-state index is 0.282. The highest BCUT2D eigenvalue weighted by Gasteiger charge is 2.24. The van der Waals surface area contributed by atoms with Crippen LogP contribution in [0.15, 0.2) is 0 Å². The van der Waals surface area contributed by atoms with Crippen LogP contribution in [-0.4, -0.2) is 18.1 Å². The molecule has 0 aromatic rings. The van der Waals surface area contributed by atoms with Crippen LogP contribution < -0.4 is 0 Å². The Bertz CT molecular complexity index is 47.5. The minimum absolute atomic E-state index is 0.282. The van der Waals surface area contributed by atoms with E-state index in [4.69, 9.17) is 16.3 Å². The summed E-state index contributed by atoms with van der Waals surface area (Å²) in [6.07, 6.45) is 0.298. The predicted octanol–water partition coefficient (Wildman–Crippen LogP) is 1.01. The third kappa shape index (κ3) is 0.525. The molecule has 1 nitrogen and oxygen atoms in total. The number of hydrogen-bond acceptors (Lipinski definition) is 1. The highest BCUT2D eigenvalue weighted by molar-refractivity contribution is 6.21. The average molecular weight is 107 g/mol. The van der Waals surface area contributed by atoms with Gasteiger partial charge >= 0.3 is 0 Å². The first-order valence-electron chi connectivity index (χ1n) is 2.06. The van der Waals surface area contributed by atoms with E-state index in [0.29, 0.717) is 6.10 Å².